The van der Waals surface area contributed by atoms with E-state index in [1.165, 1.54) is 16.2 Å². The van der Waals surface area contributed by atoms with Crippen LogP contribution in [0.2, 0.25) is 0 Å². The molecule has 0 fully saturated rings. The van der Waals surface area contributed by atoms with Crippen LogP contribution in [0.1, 0.15) is 65.9 Å². The third kappa shape index (κ3) is 13.1. The number of aryl methyl sites for hydroxylation is 1. The van der Waals surface area contributed by atoms with Gasteiger partial charge in [0.25, 0.3) is 0 Å². The maximum Gasteiger partial charge on any atom is 0.407 e. The molecule has 0 unspecified atom stereocenters. The molecule has 0 aliphatic heterocycles. The Morgan fingerprint density at radius 2 is 1.49 bits per heavy atom. The standard InChI is InChI=1S/C38H47N9O4S2/c1-27(2)36-43-32(24-53-36)22-46(3)37(49)45-33(16-18-47-25-40-41-26-47)35(48)42-30(20-28-10-6-4-7-11-28)14-15-31(21-29-12-8-5-9-13-29)44-38(50)51-23-34-39-17-19-52-34/h4-13,17,19,24-27,30-31,33H,14-16,18,20-23H2,1-3H3,(H,42,48)(H,44,50)(H,45,49)/t30-,31-,33+/m1/s1. The van der Waals surface area contributed by atoms with E-state index in [4.69, 9.17) is 4.74 Å². The highest BCUT2D eigenvalue weighted by molar-refractivity contribution is 7.09. The van der Waals surface area contributed by atoms with Crippen LogP contribution in [0, 0.1) is 0 Å². The first-order chi connectivity index (χ1) is 25.7. The molecule has 0 spiro atoms. The lowest BCUT2D eigenvalue weighted by molar-refractivity contribution is -0.124. The van der Waals surface area contributed by atoms with Gasteiger partial charge >= 0.3 is 12.1 Å². The first kappa shape index (κ1) is 39.1. The minimum absolute atomic E-state index is 0.0917. The first-order valence-corrected chi connectivity index (χ1v) is 19.5. The SMILES string of the molecule is CC(C)c1nc(CN(C)C(=O)N[C@@H](CCn2cnnc2)C(=O)N[C@H](CC[C@H](Cc2ccccc2)NC(=O)OCc2nccs2)Cc2ccccc2)cs1. The molecule has 3 atom stereocenters. The van der Waals surface area contributed by atoms with E-state index in [0.717, 1.165) is 21.8 Å². The number of urea groups is 1. The van der Waals surface area contributed by atoms with Crippen LogP contribution in [0.15, 0.2) is 90.3 Å². The molecule has 3 heterocycles. The summed E-state index contributed by atoms with van der Waals surface area (Å²) in [5.41, 5.74) is 2.93. The van der Waals surface area contributed by atoms with Gasteiger partial charge in [-0.05, 0) is 43.2 Å². The zero-order chi connectivity index (χ0) is 37.4. The third-order valence-corrected chi connectivity index (χ3v) is 10.5. The summed E-state index contributed by atoms with van der Waals surface area (Å²) in [6.45, 7) is 5.00. The fraction of sp³-hybridized carbons (Fsp3) is 0.395. The van der Waals surface area contributed by atoms with Gasteiger partial charge < -0.3 is 30.2 Å². The van der Waals surface area contributed by atoms with E-state index < -0.39 is 12.1 Å². The van der Waals surface area contributed by atoms with Gasteiger partial charge in [0.15, 0.2) is 0 Å². The second kappa shape index (κ2) is 20.2. The van der Waals surface area contributed by atoms with E-state index >= 15 is 0 Å². The second-order valence-electron chi connectivity index (χ2n) is 13.2. The largest absolute Gasteiger partial charge is 0.442 e. The van der Waals surface area contributed by atoms with Crippen molar-refractivity contribution in [3.63, 3.8) is 0 Å². The molecule has 0 radical (unpaired) electrons. The Bertz CT molecular complexity index is 1820. The molecule has 5 rings (SSSR count). The van der Waals surface area contributed by atoms with Crippen molar-refractivity contribution in [2.75, 3.05) is 7.05 Å². The van der Waals surface area contributed by atoms with E-state index in [0.29, 0.717) is 56.1 Å². The van der Waals surface area contributed by atoms with Gasteiger partial charge in [-0.15, -0.1) is 32.9 Å². The minimum atomic E-state index is -0.841. The van der Waals surface area contributed by atoms with Crippen molar-refractivity contribution in [1.82, 2.24) is 45.6 Å². The van der Waals surface area contributed by atoms with Crippen LogP contribution in [0.25, 0.3) is 0 Å². The number of hydrogen-bond acceptors (Lipinski definition) is 10. The lowest BCUT2D eigenvalue weighted by Crippen LogP contribution is -2.53. The van der Waals surface area contributed by atoms with Crippen molar-refractivity contribution in [2.24, 2.45) is 0 Å². The summed E-state index contributed by atoms with van der Waals surface area (Å²) in [7, 11) is 1.69. The van der Waals surface area contributed by atoms with E-state index in [2.05, 4.69) is 50.0 Å². The topological polar surface area (TPSA) is 156 Å². The van der Waals surface area contributed by atoms with Gasteiger partial charge in [-0.3, -0.25) is 4.79 Å². The summed E-state index contributed by atoms with van der Waals surface area (Å²) in [4.78, 5) is 50.9. The highest BCUT2D eigenvalue weighted by Crippen LogP contribution is 2.20. The number of alkyl carbamates (subject to hydrolysis) is 1. The molecule has 3 N–H and O–H groups in total. The van der Waals surface area contributed by atoms with E-state index in [1.807, 2.05) is 71.4 Å². The van der Waals surface area contributed by atoms with Crippen molar-refractivity contribution >= 4 is 40.7 Å². The lowest BCUT2D eigenvalue weighted by atomic mass is 9.95. The normalized spacial score (nSPS) is 12.8. The summed E-state index contributed by atoms with van der Waals surface area (Å²) in [6, 6.07) is 18.1. The number of carbonyl (C=O) groups is 3. The molecule has 3 aromatic heterocycles. The molecule has 0 saturated carbocycles. The molecule has 0 bridgehead atoms. The number of amides is 4. The lowest BCUT2D eigenvalue weighted by Gasteiger charge is -2.27. The van der Waals surface area contributed by atoms with Gasteiger partial charge in [0.1, 0.15) is 30.3 Å². The minimum Gasteiger partial charge on any atom is -0.442 e. The highest BCUT2D eigenvalue weighted by Gasteiger charge is 2.26. The maximum atomic E-state index is 14.1. The fourth-order valence-electron chi connectivity index (χ4n) is 5.73. The van der Waals surface area contributed by atoms with Gasteiger partial charge in [-0.1, -0.05) is 74.5 Å². The molecule has 53 heavy (non-hydrogen) atoms. The summed E-state index contributed by atoms with van der Waals surface area (Å²) >= 11 is 3.00. The molecule has 13 nitrogen and oxygen atoms in total. The Balaban J connectivity index is 1.28. The van der Waals surface area contributed by atoms with Crippen LogP contribution in [0.3, 0.4) is 0 Å². The van der Waals surface area contributed by atoms with Crippen LogP contribution >= 0.6 is 22.7 Å². The van der Waals surface area contributed by atoms with E-state index in [-0.39, 0.29) is 30.6 Å². The average Bonchev–Trinajstić information content (AvgIpc) is 3.96. The smallest absolute Gasteiger partial charge is 0.407 e. The Labute approximate surface area is 318 Å². The number of ether oxygens (including phenoxy) is 1. The Kier molecular flexibility index (Phi) is 14.9. The molecule has 5 aromatic rings. The molecule has 0 aliphatic carbocycles. The van der Waals surface area contributed by atoms with Crippen molar-refractivity contribution < 1.29 is 19.1 Å². The van der Waals surface area contributed by atoms with Crippen molar-refractivity contribution in [1.29, 1.82) is 0 Å². The molecular weight excluding hydrogens is 711 g/mol. The van der Waals surface area contributed by atoms with Crippen LogP contribution in [-0.4, -0.2) is 72.8 Å². The fourth-order valence-corrected chi connectivity index (χ4v) is 7.08. The molecule has 280 valence electrons. The molecular formula is C38H47N9O4S2. The zero-order valence-electron chi connectivity index (χ0n) is 30.3. The van der Waals surface area contributed by atoms with Crippen LogP contribution in [0.5, 0.6) is 0 Å². The third-order valence-electron chi connectivity index (χ3n) is 8.56. The molecule has 0 aliphatic rings. The Morgan fingerprint density at radius 1 is 0.849 bits per heavy atom. The molecule has 15 heteroatoms. The summed E-state index contributed by atoms with van der Waals surface area (Å²) in [6.07, 6.45) is 6.89. The number of nitrogens with one attached hydrogen (secondary N) is 3. The molecule has 4 amide bonds. The zero-order valence-corrected chi connectivity index (χ0v) is 31.9. The van der Waals surface area contributed by atoms with Crippen LogP contribution in [-0.2, 0) is 42.1 Å². The molecule has 0 saturated heterocycles. The predicted molar refractivity (Wildman–Crippen MR) is 205 cm³/mol. The number of nitrogens with zero attached hydrogens (tertiary/aromatic N) is 6. The Hall–Kier alpha value is -5.15. The molecule has 2 aromatic carbocycles. The van der Waals surface area contributed by atoms with Crippen molar-refractivity contribution in [3.8, 4) is 0 Å². The quantitative estimate of drug-likeness (QED) is 0.0932. The summed E-state index contributed by atoms with van der Waals surface area (Å²) in [5.74, 6) is 0.00145. The number of hydrogen-bond donors (Lipinski definition) is 3. The monoisotopic (exact) mass is 757 g/mol. The number of carbonyl (C=O) groups excluding carboxylic acids is 3. The van der Waals surface area contributed by atoms with Gasteiger partial charge in [-0.25, -0.2) is 19.6 Å². The summed E-state index contributed by atoms with van der Waals surface area (Å²) < 4.78 is 7.26. The number of rotatable bonds is 19. The van der Waals surface area contributed by atoms with Gasteiger partial charge in [0.2, 0.25) is 5.91 Å². The summed E-state index contributed by atoms with van der Waals surface area (Å²) in [5, 5.41) is 22.5. The average molecular weight is 758 g/mol. The van der Waals surface area contributed by atoms with Gasteiger partial charge in [0, 0.05) is 48.6 Å². The van der Waals surface area contributed by atoms with Gasteiger partial charge in [0.05, 0.1) is 17.2 Å². The van der Waals surface area contributed by atoms with Crippen LogP contribution in [0.4, 0.5) is 9.59 Å². The second-order valence-corrected chi connectivity index (χ2v) is 15.1. The number of benzene rings is 2. The first-order valence-electron chi connectivity index (χ1n) is 17.7. The van der Waals surface area contributed by atoms with E-state index in [1.54, 1.807) is 41.8 Å². The highest BCUT2D eigenvalue weighted by atomic mass is 32.1. The van der Waals surface area contributed by atoms with Crippen molar-refractivity contribution in [3.05, 3.63) is 117 Å². The van der Waals surface area contributed by atoms with E-state index in [9.17, 15) is 14.4 Å². The van der Waals surface area contributed by atoms with Crippen molar-refractivity contribution in [2.45, 2.75) is 89.7 Å². The predicted octanol–water partition coefficient (Wildman–Crippen LogP) is 5.96. The van der Waals surface area contributed by atoms with Crippen LogP contribution < -0.4 is 16.0 Å². The Morgan fingerprint density at radius 3 is 2.08 bits per heavy atom. The number of thiazole rings is 2. The maximum absolute atomic E-state index is 14.1. The number of aromatic nitrogens is 5. The van der Waals surface area contributed by atoms with Gasteiger partial charge in [-0.2, -0.15) is 0 Å².